The number of hydrogen-bond donors (Lipinski definition) is 1. The van der Waals surface area contributed by atoms with E-state index in [1.165, 1.54) is 11.1 Å². The van der Waals surface area contributed by atoms with Crippen molar-refractivity contribution in [3.63, 3.8) is 0 Å². The molecule has 0 bridgehead atoms. The molecule has 0 spiro atoms. The Balaban J connectivity index is 0.00000272. The maximum atomic E-state index is 12.7. The molecule has 1 fully saturated rings. The molecule has 0 atom stereocenters. The molecule has 2 aliphatic rings. The van der Waals surface area contributed by atoms with Gasteiger partial charge < -0.3 is 20.0 Å². The zero-order chi connectivity index (χ0) is 21.1. The van der Waals surface area contributed by atoms with Crippen molar-refractivity contribution >= 4 is 47.4 Å². The van der Waals surface area contributed by atoms with E-state index in [0.29, 0.717) is 25.6 Å². The molecular weight excluding hydrogens is 509 g/mol. The van der Waals surface area contributed by atoms with E-state index in [-0.39, 0.29) is 48.9 Å². The second-order valence-corrected chi connectivity index (χ2v) is 7.57. The van der Waals surface area contributed by atoms with Crippen LogP contribution in [0.2, 0.25) is 0 Å². The monoisotopic (exact) mass is 537 g/mol. The molecule has 10 heteroatoms. The summed E-state index contributed by atoms with van der Waals surface area (Å²) in [6.45, 7) is 2.90. The van der Waals surface area contributed by atoms with Gasteiger partial charge in [-0.1, -0.05) is 24.3 Å². The van der Waals surface area contributed by atoms with Crippen LogP contribution in [0.25, 0.3) is 0 Å². The first-order valence-electron chi connectivity index (χ1n) is 10.1. The number of anilines is 1. The van der Waals surface area contributed by atoms with Gasteiger partial charge in [-0.05, 0) is 17.5 Å². The highest BCUT2D eigenvalue weighted by Crippen LogP contribution is 2.18. The normalized spacial score (nSPS) is 16.6. The lowest BCUT2D eigenvalue weighted by Gasteiger charge is -2.35. The number of carbonyl (C=O) groups is 2. The molecule has 0 radical (unpaired) electrons. The van der Waals surface area contributed by atoms with Gasteiger partial charge in [-0.15, -0.1) is 24.0 Å². The van der Waals surface area contributed by atoms with Gasteiger partial charge in [0.15, 0.2) is 5.96 Å². The van der Waals surface area contributed by atoms with E-state index in [9.17, 15) is 9.59 Å². The first-order valence-corrected chi connectivity index (χ1v) is 10.1. The van der Waals surface area contributed by atoms with Gasteiger partial charge in [0.2, 0.25) is 11.8 Å². The van der Waals surface area contributed by atoms with Crippen LogP contribution in [0.4, 0.5) is 5.69 Å². The summed E-state index contributed by atoms with van der Waals surface area (Å²) in [6, 6.07) is 8.25. The highest BCUT2D eigenvalue weighted by atomic mass is 127. The number of aliphatic imine (C=N–C) groups is 1. The lowest BCUT2D eigenvalue weighted by atomic mass is 10.00. The fourth-order valence-electron chi connectivity index (χ4n) is 3.98. The highest BCUT2D eigenvalue weighted by Gasteiger charge is 2.28. The lowest BCUT2D eigenvalue weighted by Crippen LogP contribution is -2.56. The molecule has 4 rings (SSSR count). The summed E-state index contributed by atoms with van der Waals surface area (Å²) < 4.78 is 1.68. The van der Waals surface area contributed by atoms with Crippen molar-refractivity contribution in [2.24, 2.45) is 12.0 Å². The maximum absolute atomic E-state index is 12.7. The van der Waals surface area contributed by atoms with Crippen LogP contribution in [-0.4, -0.2) is 77.1 Å². The number of nitrogens with zero attached hydrogens (tertiary/aromatic N) is 6. The van der Waals surface area contributed by atoms with Crippen molar-refractivity contribution in [3.05, 3.63) is 47.8 Å². The van der Waals surface area contributed by atoms with Crippen molar-refractivity contribution in [3.8, 4) is 0 Å². The van der Waals surface area contributed by atoms with Crippen molar-refractivity contribution in [2.75, 3.05) is 44.7 Å². The predicted octanol–water partition coefficient (Wildman–Crippen LogP) is 0.847. The molecular formula is C21H28IN7O2. The van der Waals surface area contributed by atoms with Crippen LogP contribution in [0.3, 0.4) is 0 Å². The van der Waals surface area contributed by atoms with Gasteiger partial charge in [-0.3, -0.25) is 19.3 Å². The van der Waals surface area contributed by atoms with Crippen molar-refractivity contribution in [1.82, 2.24) is 24.9 Å². The summed E-state index contributed by atoms with van der Waals surface area (Å²) in [6.07, 6.45) is 4.40. The average molecular weight is 537 g/mol. The zero-order valence-electron chi connectivity index (χ0n) is 17.8. The van der Waals surface area contributed by atoms with Crippen molar-refractivity contribution in [1.29, 1.82) is 0 Å². The molecule has 2 amide bonds. The third-order valence-electron chi connectivity index (χ3n) is 5.62. The number of benzene rings is 1. The summed E-state index contributed by atoms with van der Waals surface area (Å²) in [5, 5.41) is 7.27. The minimum atomic E-state index is -0.0174. The van der Waals surface area contributed by atoms with Crippen molar-refractivity contribution < 1.29 is 9.59 Å². The van der Waals surface area contributed by atoms with Gasteiger partial charge in [-0.25, -0.2) is 0 Å². The molecule has 2 aliphatic heterocycles. The molecule has 1 N–H and O–H groups in total. The number of halogens is 1. The van der Waals surface area contributed by atoms with E-state index in [2.05, 4.69) is 27.5 Å². The van der Waals surface area contributed by atoms with Crippen LogP contribution in [-0.2, 0) is 29.6 Å². The molecule has 9 nitrogen and oxygen atoms in total. The quantitative estimate of drug-likeness (QED) is 0.357. The van der Waals surface area contributed by atoms with Crippen LogP contribution >= 0.6 is 24.0 Å². The fourth-order valence-corrected chi connectivity index (χ4v) is 3.98. The maximum Gasteiger partial charge on any atom is 0.246 e. The van der Waals surface area contributed by atoms with Crippen LogP contribution in [0, 0.1) is 0 Å². The van der Waals surface area contributed by atoms with Crippen molar-refractivity contribution in [2.45, 2.75) is 13.0 Å². The Morgan fingerprint density at radius 2 is 1.90 bits per heavy atom. The number of hydrogen-bond acceptors (Lipinski definition) is 4. The lowest BCUT2D eigenvalue weighted by molar-refractivity contribution is -0.130. The van der Waals surface area contributed by atoms with E-state index >= 15 is 0 Å². The summed E-state index contributed by atoms with van der Waals surface area (Å²) in [5.41, 5.74) is 3.32. The van der Waals surface area contributed by atoms with Crippen LogP contribution in [0.15, 0.2) is 41.7 Å². The summed E-state index contributed by atoms with van der Waals surface area (Å²) in [4.78, 5) is 35.1. The Kier molecular flexibility index (Phi) is 7.52. The van der Waals surface area contributed by atoms with Gasteiger partial charge >= 0.3 is 0 Å². The summed E-state index contributed by atoms with van der Waals surface area (Å²) in [7, 11) is 3.50. The SMILES string of the molecule is CN=C(NCC(=O)N1CCc2ccccc2C1)N1CCN(c2cnn(C)c2)C(=O)C1.I. The Morgan fingerprint density at radius 1 is 1.13 bits per heavy atom. The Bertz CT molecular complexity index is 974. The molecule has 1 aromatic carbocycles. The minimum Gasteiger partial charge on any atom is -0.347 e. The average Bonchev–Trinajstić information content (AvgIpc) is 3.19. The predicted molar refractivity (Wildman–Crippen MR) is 129 cm³/mol. The van der Waals surface area contributed by atoms with E-state index in [0.717, 1.165) is 18.7 Å². The number of amides is 2. The standard InChI is InChI=1S/C21H27N7O2.HI/c1-22-21(27-9-10-28(20(30)15-27)18-11-24-25(2)14-18)23-12-19(29)26-8-7-16-5-3-4-6-17(16)13-26;/h3-6,11,14H,7-10,12-13,15H2,1-2H3,(H,22,23);1H. The van der Waals surface area contributed by atoms with E-state index in [1.54, 1.807) is 22.8 Å². The van der Waals surface area contributed by atoms with Crippen LogP contribution in [0.5, 0.6) is 0 Å². The number of guanidine groups is 1. The third-order valence-corrected chi connectivity index (χ3v) is 5.62. The molecule has 1 aromatic heterocycles. The second kappa shape index (κ2) is 10.1. The van der Waals surface area contributed by atoms with Gasteiger partial charge in [0.25, 0.3) is 0 Å². The van der Waals surface area contributed by atoms with E-state index in [1.807, 2.05) is 35.2 Å². The van der Waals surface area contributed by atoms with Gasteiger partial charge in [0.1, 0.15) is 6.54 Å². The number of carbonyl (C=O) groups excluding carboxylic acids is 2. The molecule has 166 valence electrons. The Morgan fingerprint density at radius 3 is 2.58 bits per heavy atom. The largest absolute Gasteiger partial charge is 0.347 e. The number of fused-ring (bicyclic) bond motifs is 1. The van der Waals surface area contributed by atoms with Crippen LogP contribution < -0.4 is 10.2 Å². The first-order chi connectivity index (χ1) is 14.5. The number of aromatic nitrogens is 2. The fraction of sp³-hybridized carbons (Fsp3) is 0.429. The first kappa shape index (κ1) is 23.0. The smallest absolute Gasteiger partial charge is 0.246 e. The van der Waals surface area contributed by atoms with Gasteiger partial charge in [0.05, 0.1) is 18.4 Å². The Labute approximate surface area is 199 Å². The topological polar surface area (TPSA) is 86.1 Å². The number of rotatable bonds is 3. The Hall–Kier alpha value is -2.63. The molecule has 0 saturated carbocycles. The number of aryl methyl sites for hydroxylation is 1. The van der Waals surface area contributed by atoms with Crippen LogP contribution in [0.1, 0.15) is 11.1 Å². The summed E-state index contributed by atoms with van der Waals surface area (Å²) >= 11 is 0. The van der Waals surface area contributed by atoms with Gasteiger partial charge in [0, 0.05) is 46.5 Å². The molecule has 31 heavy (non-hydrogen) atoms. The molecule has 0 aliphatic carbocycles. The zero-order valence-corrected chi connectivity index (χ0v) is 20.2. The summed E-state index contributed by atoms with van der Waals surface area (Å²) in [5.74, 6) is 0.585. The second-order valence-electron chi connectivity index (χ2n) is 7.57. The highest BCUT2D eigenvalue weighted by molar-refractivity contribution is 14.0. The van der Waals surface area contributed by atoms with E-state index < -0.39 is 0 Å². The van der Waals surface area contributed by atoms with Gasteiger partial charge in [-0.2, -0.15) is 5.10 Å². The van der Waals surface area contributed by atoms with E-state index in [4.69, 9.17) is 0 Å². The number of piperazine rings is 1. The minimum absolute atomic E-state index is 0. The molecule has 3 heterocycles. The molecule has 1 saturated heterocycles. The third kappa shape index (κ3) is 5.17. The molecule has 2 aromatic rings. The number of nitrogens with one attached hydrogen (secondary N) is 1. The molecule has 0 unspecified atom stereocenters.